The average Bonchev–Trinajstić information content (AvgIpc) is 3.33. The fourth-order valence-electron chi connectivity index (χ4n) is 6.03. The summed E-state index contributed by atoms with van der Waals surface area (Å²) in [4.78, 5) is 19.6. The van der Waals surface area contributed by atoms with Crippen LogP contribution in [0.1, 0.15) is 33.7 Å². The topological polar surface area (TPSA) is 67.6 Å². The summed E-state index contributed by atoms with van der Waals surface area (Å²) < 4.78 is 8.19. The molecule has 6 nitrogen and oxygen atoms in total. The SMILES string of the molecule is Cc1ccccc1-c1cccc2c1c(CN(C)Cc1ccccn1)c(C(=O)O)n2CCCOc1cccc2ccccc12. The van der Waals surface area contributed by atoms with Gasteiger partial charge in [-0.05, 0) is 66.7 Å². The number of hydrogen-bond donors (Lipinski definition) is 1. The molecule has 0 saturated carbocycles. The van der Waals surface area contributed by atoms with Crippen LogP contribution in [0.2, 0.25) is 0 Å². The van der Waals surface area contributed by atoms with Crippen LogP contribution in [0.5, 0.6) is 5.75 Å². The molecule has 2 heterocycles. The number of hydrogen-bond acceptors (Lipinski definition) is 4. The third-order valence-electron chi connectivity index (χ3n) is 7.95. The van der Waals surface area contributed by atoms with E-state index in [1.54, 1.807) is 6.20 Å². The Morgan fingerprint density at radius 1 is 0.860 bits per heavy atom. The van der Waals surface area contributed by atoms with Crippen molar-refractivity contribution in [3.8, 4) is 16.9 Å². The molecular formula is C37H35N3O3. The Bertz CT molecular complexity index is 1890. The second kappa shape index (κ2) is 12.5. The second-order valence-corrected chi connectivity index (χ2v) is 11.0. The number of pyridine rings is 1. The molecule has 0 fully saturated rings. The number of carboxylic acid groups (broad SMARTS) is 1. The molecule has 0 unspecified atom stereocenters. The van der Waals surface area contributed by atoms with Crippen LogP contribution in [0, 0.1) is 6.92 Å². The number of nitrogens with zero attached hydrogens (tertiary/aromatic N) is 3. The van der Waals surface area contributed by atoms with Crippen molar-refractivity contribution in [2.75, 3.05) is 13.7 Å². The lowest BCUT2D eigenvalue weighted by atomic mass is 9.95. The highest BCUT2D eigenvalue weighted by molar-refractivity contribution is 6.05. The molecule has 0 atom stereocenters. The van der Waals surface area contributed by atoms with Crippen LogP contribution >= 0.6 is 0 Å². The summed E-state index contributed by atoms with van der Waals surface area (Å²) in [6.07, 6.45) is 2.44. The van der Waals surface area contributed by atoms with Crippen molar-refractivity contribution < 1.29 is 14.6 Å². The highest BCUT2D eigenvalue weighted by Gasteiger charge is 2.26. The van der Waals surface area contributed by atoms with Crippen LogP contribution in [0.15, 0.2) is 109 Å². The van der Waals surface area contributed by atoms with E-state index in [4.69, 9.17) is 4.74 Å². The quantitative estimate of drug-likeness (QED) is 0.160. The van der Waals surface area contributed by atoms with Crippen LogP contribution in [0.4, 0.5) is 0 Å². The van der Waals surface area contributed by atoms with Gasteiger partial charge in [-0.15, -0.1) is 0 Å². The Hall–Kier alpha value is -4.94. The zero-order valence-corrected chi connectivity index (χ0v) is 24.5. The minimum Gasteiger partial charge on any atom is -0.493 e. The van der Waals surface area contributed by atoms with Gasteiger partial charge in [-0.25, -0.2) is 4.79 Å². The number of carbonyl (C=O) groups is 1. The molecule has 0 spiro atoms. The lowest BCUT2D eigenvalue weighted by Crippen LogP contribution is -2.20. The fourth-order valence-corrected chi connectivity index (χ4v) is 6.03. The Morgan fingerprint density at radius 3 is 2.42 bits per heavy atom. The van der Waals surface area contributed by atoms with E-state index in [9.17, 15) is 9.90 Å². The van der Waals surface area contributed by atoms with Crippen molar-refractivity contribution >= 4 is 27.6 Å². The molecule has 0 amide bonds. The number of carboxylic acids is 1. The van der Waals surface area contributed by atoms with E-state index in [0.717, 1.165) is 55.4 Å². The van der Waals surface area contributed by atoms with Gasteiger partial charge in [0.15, 0.2) is 0 Å². The van der Waals surface area contributed by atoms with Crippen LogP contribution < -0.4 is 4.74 Å². The molecule has 6 aromatic rings. The number of rotatable bonds is 11. The molecule has 0 bridgehead atoms. The van der Waals surface area contributed by atoms with E-state index in [1.165, 1.54) is 0 Å². The van der Waals surface area contributed by atoms with E-state index >= 15 is 0 Å². The third kappa shape index (κ3) is 5.87. The molecule has 43 heavy (non-hydrogen) atoms. The van der Waals surface area contributed by atoms with Gasteiger partial charge in [0.1, 0.15) is 11.4 Å². The van der Waals surface area contributed by atoms with E-state index in [-0.39, 0.29) is 0 Å². The summed E-state index contributed by atoms with van der Waals surface area (Å²) in [5.74, 6) is -0.0873. The molecule has 0 radical (unpaired) electrons. The van der Waals surface area contributed by atoms with E-state index in [1.807, 2.05) is 78.3 Å². The van der Waals surface area contributed by atoms with Gasteiger partial charge >= 0.3 is 5.97 Å². The van der Waals surface area contributed by atoms with Gasteiger partial charge in [-0.1, -0.05) is 78.9 Å². The Balaban J connectivity index is 1.37. The normalized spacial score (nSPS) is 11.4. The van der Waals surface area contributed by atoms with Crippen molar-refractivity contribution in [3.63, 3.8) is 0 Å². The second-order valence-electron chi connectivity index (χ2n) is 11.0. The fraction of sp³-hybridized carbons (Fsp3) is 0.189. The van der Waals surface area contributed by atoms with Crippen LogP contribution in [0.25, 0.3) is 32.8 Å². The van der Waals surface area contributed by atoms with Gasteiger partial charge < -0.3 is 14.4 Å². The number of fused-ring (bicyclic) bond motifs is 2. The van der Waals surface area contributed by atoms with Crippen molar-refractivity contribution in [2.45, 2.75) is 33.0 Å². The van der Waals surface area contributed by atoms with Gasteiger partial charge in [-0.2, -0.15) is 0 Å². The predicted molar refractivity (Wildman–Crippen MR) is 173 cm³/mol. The van der Waals surface area contributed by atoms with Crippen molar-refractivity contribution in [2.24, 2.45) is 0 Å². The summed E-state index contributed by atoms with van der Waals surface area (Å²) in [5.41, 5.74) is 6.31. The first-order valence-electron chi connectivity index (χ1n) is 14.6. The first-order valence-corrected chi connectivity index (χ1v) is 14.6. The zero-order valence-electron chi connectivity index (χ0n) is 24.5. The van der Waals surface area contributed by atoms with Crippen molar-refractivity contribution in [1.29, 1.82) is 0 Å². The van der Waals surface area contributed by atoms with Crippen LogP contribution in [0.3, 0.4) is 0 Å². The van der Waals surface area contributed by atoms with E-state index in [2.05, 4.69) is 53.2 Å². The van der Waals surface area contributed by atoms with Gasteiger partial charge in [0, 0.05) is 47.7 Å². The lowest BCUT2D eigenvalue weighted by Gasteiger charge is -2.18. The third-order valence-corrected chi connectivity index (χ3v) is 7.95. The smallest absolute Gasteiger partial charge is 0.352 e. The Kier molecular flexibility index (Phi) is 8.20. The number of benzene rings is 4. The Morgan fingerprint density at radius 2 is 1.60 bits per heavy atom. The van der Waals surface area contributed by atoms with E-state index < -0.39 is 5.97 Å². The lowest BCUT2D eigenvalue weighted by molar-refractivity contribution is 0.0682. The molecule has 6 heteroatoms. The molecule has 4 aromatic carbocycles. The van der Waals surface area contributed by atoms with Gasteiger partial charge in [0.2, 0.25) is 0 Å². The molecule has 2 aromatic heterocycles. The molecular weight excluding hydrogens is 534 g/mol. The minimum atomic E-state index is -0.928. The molecule has 0 aliphatic heterocycles. The summed E-state index contributed by atoms with van der Waals surface area (Å²) in [7, 11) is 2.01. The van der Waals surface area contributed by atoms with Crippen molar-refractivity contribution in [1.82, 2.24) is 14.5 Å². The maximum atomic E-state index is 13.0. The first kappa shape index (κ1) is 28.2. The molecule has 0 aliphatic carbocycles. The van der Waals surface area contributed by atoms with Gasteiger partial charge in [-0.3, -0.25) is 9.88 Å². The summed E-state index contributed by atoms with van der Waals surface area (Å²) in [6, 6.07) is 34.5. The highest BCUT2D eigenvalue weighted by atomic mass is 16.5. The zero-order chi connectivity index (χ0) is 29.8. The molecule has 1 N–H and O–H groups in total. The predicted octanol–water partition coefficient (Wildman–Crippen LogP) is 7.96. The summed E-state index contributed by atoms with van der Waals surface area (Å²) in [6.45, 7) is 4.17. The average molecular weight is 570 g/mol. The summed E-state index contributed by atoms with van der Waals surface area (Å²) in [5, 5.41) is 13.8. The largest absolute Gasteiger partial charge is 0.493 e. The molecule has 6 rings (SSSR count). The summed E-state index contributed by atoms with van der Waals surface area (Å²) >= 11 is 0. The van der Waals surface area contributed by atoms with Crippen molar-refractivity contribution in [3.05, 3.63) is 132 Å². The monoisotopic (exact) mass is 569 g/mol. The molecule has 0 saturated heterocycles. The number of aromatic nitrogens is 2. The number of aromatic carboxylic acids is 1. The maximum absolute atomic E-state index is 13.0. The Labute approximate surface area is 251 Å². The van der Waals surface area contributed by atoms with Crippen LogP contribution in [-0.2, 0) is 19.6 Å². The van der Waals surface area contributed by atoms with Gasteiger partial charge in [0.05, 0.1) is 12.3 Å². The molecule has 216 valence electrons. The van der Waals surface area contributed by atoms with Gasteiger partial charge in [0.25, 0.3) is 0 Å². The standard InChI is InChI=1S/C37H35N3O3/c1-26-12-3-5-16-29(26)31-18-10-19-33-35(31)32(25-39(2)24-28-15-7-8-21-38-28)36(37(41)42)40(33)22-11-23-43-34-20-9-14-27-13-4-6-17-30(27)34/h3-10,12-21H,11,22-25H2,1-2H3,(H,41,42). The number of ether oxygens (including phenoxy) is 1. The minimum absolute atomic E-state index is 0.328. The van der Waals surface area contributed by atoms with Crippen LogP contribution in [-0.4, -0.2) is 39.2 Å². The van der Waals surface area contributed by atoms with E-state index in [0.29, 0.717) is 38.4 Å². The maximum Gasteiger partial charge on any atom is 0.352 e. The molecule has 0 aliphatic rings. The first-order chi connectivity index (χ1) is 21.0. The highest BCUT2D eigenvalue weighted by Crippen LogP contribution is 2.37. The number of aryl methyl sites for hydroxylation is 2.